The Hall–Kier alpha value is -2.96. The van der Waals surface area contributed by atoms with E-state index in [0.717, 1.165) is 16.1 Å². The zero-order valence-electron chi connectivity index (χ0n) is 19.1. The molecular weight excluding hydrogens is 502 g/mol. The minimum Gasteiger partial charge on any atom is -0.456 e. The van der Waals surface area contributed by atoms with E-state index in [9.17, 15) is 13.7 Å². The third kappa shape index (κ3) is 6.00. The number of hydrogen-bond donors (Lipinski definition) is 0. The highest BCUT2D eigenvalue weighted by atomic mass is 35.5. The highest BCUT2D eigenvalue weighted by Gasteiger charge is 2.32. The second-order valence-corrected chi connectivity index (χ2v) is 11.1. The summed E-state index contributed by atoms with van der Waals surface area (Å²) in [6, 6.07) is 21.5. The molecule has 0 aliphatic carbocycles. The first-order valence-electron chi connectivity index (χ1n) is 11.1. The van der Waals surface area contributed by atoms with Gasteiger partial charge in [0.1, 0.15) is 16.4 Å². The van der Waals surface area contributed by atoms with Gasteiger partial charge < -0.3 is 9.64 Å². The maximum absolute atomic E-state index is 13.6. The first-order chi connectivity index (χ1) is 16.8. The summed E-state index contributed by atoms with van der Waals surface area (Å²) in [5, 5.41) is 9.86. The molecule has 0 unspecified atom stereocenters. The maximum Gasteiger partial charge on any atom is 0.246 e. The van der Waals surface area contributed by atoms with Crippen molar-refractivity contribution >= 4 is 38.8 Å². The normalized spacial score (nSPS) is 14.4. The van der Waals surface area contributed by atoms with Crippen LogP contribution < -0.4 is 4.74 Å². The van der Waals surface area contributed by atoms with E-state index < -0.39 is 10.0 Å². The van der Waals surface area contributed by atoms with E-state index in [1.165, 1.54) is 22.5 Å². The van der Waals surface area contributed by atoms with Gasteiger partial charge in [0, 0.05) is 37.6 Å². The van der Waals surface area contributed by atoms with E-state index in [-0.39, 0.29) is 29.3 Å². The predicted molar refractivity (Wildman–Crippen MR) is 140 cm³/mol. The van der Waals surface area contributed by atoms with Crippen LogP contribution in [0.4, 0.5) is 0 Å². The summed E-state index contributed by atoms with van der Waals surface area (Å²) in [5.41, 5.74) is 2.24. The highest BCUT2D eigenvalue weighted by Crippen LogP contribution is 2.33. The van der Waals surface area contributed by atoms with Crippen LogP contribution in [0.1, 0.15) is 16.7 Å². The van der Waals surface area contributed by atoms with Gasteiger partial charge in [0.2, 0.25) is 10.0 Å². The van der Waals surface area contributed by atoms with Crippen molar-refractivity contribution in [2.45, 2.75) is 18.2 Å². The Morgan fingerprint density at radius 1 is 1.06 bits per heavy atom. The van der Waals surface area contributed by atoms with Crippen LogP contribution in [0.5, 0.6) is 11.5 Å². The fourth-order valence-electron chi connectivity index (χ4n) is 3.95. The number of benzene rings is 3. The molecule has 1 saturated heterocycles. The van der Waals surface area contributed by atoms with E-state index >= 15 is 0 Å². The van der Waals surface area contributed by atoms with Gasteiger partial charge in [-0.05, 0) is 54.4 Å². The van der Waals surface area contributed by atoms with Gasteiger partial charge in [0.05, 0.1) is 16.6 Å². The van der Waals surface area contributed by atoms with Crippen LogP contribution in [0.25, 0.3) is 0 Å². The number of hydrogen-bond acceptors (Lipinski definition) is 5. The molecule has 180 valence electrons. The van der Waals surface area contributed by atoms with Crippen molar-refractivity contribution < 1.29 is 13.2 Å². The number of aryl methyl sites for hydroxylation is 1. The number of thiocarbonyl (C=S) groups is 1. The molecule has 0 aromatic heterocycles. The van der Waals surface area contributed by atoms with Gasteiger partial charge in [-0.1, -0.05) is 54.2 Å². The summed E-state index contributed by atoms with van der Waals surface area (Å²) >= 11 is 11.8. The molecule has 0 N–H and O–H groups in total. The minimum atomic E-state index is -3.92. The predicted octanol–water partition coefficient (Wildman–Crippen LogP) is 5.19. The van der Waals surface area contributed by atoms with Crippen molar-refractivity contribution in [3.63, 3.8) is 0 Å². The Morgan fingerprint density at radius 2 is 1.77 bits per heavy atom. The van der Waals surface area contributed by atoms with Crippen molar-refractivity contribution in [3.8, 4) is 17.6 Å². The number of rotatable bonds is 6. The van der Waals surface area contributed by atoms with Crippen molar-refractivity contribution in [1.82, 2.24) is 9.21 Å². The van der Waals surface area contributed by atoms with Crippen LogP contribution in [0.3, 0.4) is 0 Å². The number of nitriles is 1. The molecule has 3 aromatic carbocycles. The van der Waals surface area contributed by atoms with Gasteiger partial charge in [-0.3, -0.25) is 0 Å². The highest BCUT2D eigenvalue weighted by molar-refractivity contribution is 7.89. The SMILES string of the molecule is Cc1cc(Cl)cc(Oc2ccc(C#N)cc2S(=O)(=O)N2CCN(C(=S)Cc3ccccc3)CC2)c1. The van der Waals surface area contributed by atoms with Crippen LogP contribution >= 0.6 is 23.8 Å². The van der Waals surface area contributed by atoms with Crippen LogP contribution in [-0.2, 0) is 16.4 Å². The van der Waals surface area contributed by atoms with Crippen molar-refractivity contribution in [2.75, 3.05) is 26.2 Å². The zero-order valence-corrected chi connectivity index (χ0v) is 21.5. The minimum absolute atomic E-state index is 0.0468. The lowest BCUT2D eigenvalue weighted by Gasteiger charge is -2.35. The van der Waals surface area contributed by atoms with Gasteiger partial charge in [-0.25, -0.2) is 8.42 Å². The number of nitrogens with zero attached hydrogens (tertiary/aromatic N) is 3. The number of sulfonamides is 1. The molecule has 0 saturated carbocycles. The Morgan fingerprint density at radius 3 is 2.43 bits per heavy atom. The van der Waals surface area contributed by atoms with Crippen LogP contribution in [0.2, 0.25) is 5.02 Å². The molecule has 3 aromatic rings. The van der Waals surface area contributed by atoms with E-state index in [0.29, 0.717) is 30.3 Å². The Kier molecular flexibility index (Phi) is 7.72. The first kappa shape index (κ1) is 25.1. The summed E-state index contributed by atoms with van der Waals surface area (Å²) in [5.74, 6) is 0.569. The maximum atomic E-state index is 13.6. The molecule has 0 amide bonds. The van der Waals surface area contributed by atoms with Crippen LogP contribution in [0, 0.1) is 18.3 Å². The van der Waals surface area contributed by atoms with Crippen LogP contribution in [-0.4, -0.2) is 48.8 Å². The molecule has 1 fully saturated rings. The lowest BCUT2D eigenvalue weighted by Crippen LogP contribution is -2.50. The topological polar surface area (TPSA) is 73.6 Å². The molecule has 1 aliphatic heterocycles. The molecule has 6 nitrogen and oxygen atoms in total. The van der Waals surface area contributed by atoms with Crippen LogP contribution in [0.15, 0.2) is 71.6 Å². The Labute approximate surface area is 216 Å². The third-order valence-corrected chi connectivity index (χ3v) is 8.26. The second-order valence-electron chi connectivity index (χ2n) is 8.29. The average molecular weight is 526 g/mol. The molecule has 0 radical (unpaired) electrons. The second kappa shape index (κ2) is 10.8. The quantitative estimate of drug-likeness (QED) is 0.412. The molecular formula is C26H24ClN3O3S2. The lowest BCUT2D eigenvalue weighted by molar-refractivity contribution is 0.266. The first-order valence-corrected chi connectivity index (χ1v) is 13.3. The summed E-state index contributed by atoms with van der Waals surface area (Å²) < 4.78 is 34.6. The number of ether oxygens (including phenoxy) is 1. The third-order valence-electron chi connectivity index (χ3n) is 5.72. The van der Waals surface area contributed by atoms with Gasteiger partial charge in [-0.15, -0.1) is 0 Å². The summed E-state index contributed by atoms with van der Waals surface area (Å²) in [6.07, 6.45) is 0.643. The standard InChI is InChI=1S/C26H24ClN3O3S2/c1-19-13-22(27)17-23(14-19)33-24-8-7-21(18-28)15-25(24)35(31,32)30-11-9-29(10-12-30)26(34)16-20-5-3-2-4-6-20/h2-8,13-15,17H,9-12,16H2,1H3. The van der Waals surface area contributed by atoms with Crippen molar-refractivity contribution in [3.05, 3.63) is 88.4 Å². The number of piperazine rings is 1. The molecule has 0 atom stereocenters. The molecule has 35 heavy (non-hydrogen) atoms. The molecule has 9 heteroatoms. The smallest absolute Gasteiger partial charge is 0.246 e. The van der Waals surface area contributed by atoms with E-state index in [4.69, 9.17) is 28.6 Å². The fourth-order valence-corrected chi connectivity index (χ4v) is 6.14. The zero-order chi connectivity index (χ0) is 25.0. The van der Waals surface area contributed by atoms with Gasteiger partial charge in [0.15, 0.2) is 0 Å². The molecule has 0 bridgehead atoms. The largest absolute Gasteiger partial charge is 0.456 e. The van der Waals surface area contributed by atoms with E-state index in [2.05, 4.69) is 0 Å². The monoisotopic (exact) mass is 525 g/mol. The van der Waals surface area contributed by atoms with Gasteiger partial charge in [-0.2, -0.15) is 9.57 Å². The summed E-state index contributed by atoms with van der Waals surface area (Å²) in [7, 11) is -3.92. The van der Waals surface area contributed by atoms with Gasteiger partial charge in [0.25, 0.3) is 0 Å². The number of halogens is 1. The van der Waals surface area contributed by atoms with Gasteiger partial charge >= 0.3 is 0 Å². The fraction of sp³-hybridized carbons (Fsp3) is 0.231. The molecule has 0 spiro atoms. The molecule has 4 rings (SSSR count). The lowest BCUT2D eigenvalue weighted by atomic mass is 10.1. The summed E-state index contributed by atoms with van der Waals surface area (Å²) in [6.45, 7) is 3.42. The average Bonchev–Trinajstić information content (AvgIpc) is 2.84. The Bertz CT molecular complexity index is 1360. The van der Waals surface area contributed by atoms with E-state index in [1.807, 2.05) is 48.2 Å². The van der Waals surface area contributed by atoms with Crippen molar-refractivity contribution in [1.29, 1.82) is 5.26 Å². The van der Waals surface area contributed by atoms with Crippen molar-refractivity contribution in [2.24, 2.45) is 0 Å². The van der Waals surface area contributed by atoms with E-state index in [1.54, 1.807) is 18.2 Å². The Balaban J connectivity index is 1.53. The molecule has 1 heterocycles. The summed E-state index contributed by atoms with van der Waals surface area (Å²) in [4.78, 5) is 2.79. The molecule has 1 aliphatic rings.